The average molecular weight is 298 g/mol. The van der Waals surface area contributed by atoms with Crippen molar-refractivity contribution in [2.24, 2.45) is 5.92 Å². The molecule has 3 heteroatoms. The van der Waals surface area contributed by atoms with Gasteiger partial charge < -0.3 is 10.1 Å². The Kier molecular flexibility index (Phi) is 5.70. The number of ether oxygens (including phenoxy) is 1. The number of rotatable bonds is 4. The molecule has 0 bridgehead atoms. The molecule has 0 radical (unpaired) electrons. The average Bonchev–Trinajstić information content (AvgIpc) is 2.49. The van der Waals surface area contributed by atoms with Crippen molar-refractivity contribution in [3.8, 4) is 0 Å². The molecule has 0 amide bonds. The molecule has 2 nitrogen and oxygen atoms in total. The minimum atomic E-state index is 0.242. The monoisotopic (exact) mass is 297 g/mol. The second-order valence-corrected chi connectivity index (χ2v) is 8.31. The van der Waals surface area contributed by atoms with Crippen LogP contribution in [0.2, 0.25) is 0 Å². The van der Waals surface area contributed by atoms with Gasteiger partial charge in [0.1, 0.15) is 0 Å². The molecule has 3 fully saturated rings. The van der Waals surface area contributed by atoms with Crippen LogP contribution in [-0.4, -0.2) is 36.3 Å². The molecule has 116 valence electrons. The van der Waals surface area contributed by atoms with Crippen LogP contribution in [0.3, 0.4) is 0 Å². The van der Waals surface area contributed by atoms with Crippen LogP contribution in [0.1, 0.15) is 64.2 Å². The van der Waals surface area contributed by atoms with Gasteiger partial charge in [-0.1, -0.05) is 32.1 Å². The molecule has 1 aliphatic carbocycles. The summed E-state index contributed by atoms with van der Waals surface area (Å²) in [7, 11) is 0. The topological polar surface area (TPSA) is 21.3 Å². The summed E-state index contributed by atoms with van der Waals surface area (Å²) in [6, 6.07) is 0.718. The zero-order valence-corrected chi connectivity index (χ0v) is 13.7. The lowest BCUT2D eigenvalue weighted by Crippen LogP contribution is -2.49. The van der Waals surface area contributed by atoms with E-state index in [1.807, 2.05) is 0 Å². The summed E-state index contributed by atoms with van der Waals surface area (Å²) >= 11 is 2.10. The van der Waals surface area contributed by atoms with Gasteiger partial charge in [0.25, 0.3) is 0 Å². The van der Waals surface area contributed by atoms with Gasteiger partial charge in [0.15, 0.2) is 0 Å². The number of hydrogen-bond donors (Lipinski definition) is 1. The van der Waals surface area contributed by atoms with Crippen molar-refractivity contribution in [2.45, 2.75) is 75.9 Å². The van der Waals surface area contributed by atoms with Gasteiger partial charge >= 0.3 is 0 Å². The lowest BCUT2D eigenvalue weighted by Gasteiger charge is -2.43. The zero-order valence-electron chi connectivity index (χ0n) is 12.9. The van der Waals surface area contributed by atoms with Gasteiger partial charge in [-0.3, -0.25) is 0 Å². The SMILES string of the molecule is C1CCC(CCNC2CCOC3(CCSCC3)C2)CC1. The molecule has 2 aliphatic heterocycles. The highest BCUT2D eigenvalue weighted by molar-refractivity contribution is 7.99. The summed E-state index contributed by atoms with van der Waals surface area (Å²) in [6.45, 7) is 2.21. The first-order valence-electron chi connectivity index (χ1n) is 8.81. The van der Waals surface area contributed by atoms with E-state index in [0.29, 0.717) is 0 Å². The first kappa shape index (κ1) is 15.2. The third-order valence-electron chi connectivity index (χ3n) is 5.61. The predicted molar refractivity (Wildman–Crippen MR) is 87.5 cm³/mol. The highest BCUT2D eigenvalue weighted by Crippen LogP contribution is 2.37. The van der Waals surface area contributed by atoms with Crippen LogP contribution in [0.25, 0.3) is 0 Å². The van der Waals surface area contributed by atoms with Crippen LogP contribution >= 0.6 is 11.8 Å². The summed E-state index contributed by atoms with van der Waals surface area (Å²) in [4.78, 5) is 0. The summed E-state index contributed by atoms with van der Waals surface area (Å²) in [6.07, 6.45) is 13.8. The molecule has 20 heavy (non-hydrogen) atoms. The molecule has 1 N–H and O–H groups in total. The number of nitrogens with one attached hydrogen (secondary N) is 1. The summed E-state index contributed by atoms with van der Waals surface area (Å²) in [5.74, 6) is 3.61. The van der Waals surface area contributed by atoms with Gasteiger partial charge in [-0.2, -0.15) is 11.8 Å². The van der Waals surface area contributed by atoms with E-state index in [1.54, 1.807) is 0 Å². The van der Waals surface area contributed by atoms with E-state index in [4.69, 9.17) is 4.74 Å². The second kappa shape index (κ2) is 7.51. The third kappa shape index (κ3) is 4.14. The Balaban J connectivity index is 1.38. The Labute approximate surface area is 128 Å². The maximum Gasteiger partial charge on any atom is 0.0713 e. The molecular weight excluding hydrogens is 266 g/mol. The van der Waals surface area contributed by atoms with Gasteiger partial charge in [-0.15, -0.1) is 0 Å². The van der Waals surface area contributed by atoms with Crippen molar-refractivity contribution >= 4 is 11.8 Å². The van der Waals surface area contributed by atoms with E-state index in [9.17, 15) is 0 Å². The molecule has 1 atom stereocenters. The van der Waals surface area contributed by atoms with Crippen molar-refractivity contribution < 1.29 is 4.74 Å². The Bertz CT molecular complexity index is 279. The minimum absolute atomic E-state index is 0.242. The number of hydrogen-bond acceptors (Lipinski definition) is 3. The lowest BCUT2D eigenvalue weighted by atomic mass is 9.85. The molecule has 0 aromatic carbocycles. The zero-order chi connectivity index (χ0) is 13.7. The van der Waals surface area contributed by atoms with Crippen LogP contribution in [0.5, 0.6) is 0 Å². The van der Waals surface area contributed by atoms with E-state index < -0.39 is 0 Å². The third-order valence-corrected chi connectivity index (χ3v) is 6.59. The molecule has 1 spiro atoms. The predicted octanol–water partition coefficient (Wildman–Crippen LogP) is 3.99. The molecular formula is C17H31NOS. The van der Waals surface area contributed by atoms with Crippen LogP contribution in [-0.2, 0) is 4.74 Å². The Morgan fingerprint density at radius 2 is 1.85 bits per heavy atom. The van der Waals surface area contributed by atoms with E-state index in [1.165, 1.54) is 82.3 Å². The van der Waals surface area contributed by atoms with Gasteiger partial charge in [0.2, 0.25) is 0 Å². The van der Waals surface area contributed by atoms with E-state index in [-0.39, 0.29) is 5.60 Å². The van der Waals surface area contributed by atoms with Crippen LogP contribution < -0.4 is 5.32 Å². The van der Waals surface area contributed by atoms with Gasteiger partial charge in [-0.05, 0) is 56.1 Å². The normalized spacial score (nSPS) is 31.5. The molecule has 1 unspecified atom stereocenters. The lowest BCUT2D eigenvalue weighted by molar-refractivity contribution is -0.0931. The van der Waals surface area contributed by atoms with Gasteiger partial charge in [0, 0.05) is 12.6 Å². The molecule has 0 aromatic heterocycles. The largest absolute Gasteiger partial charge is 0.375 e. The molecule has 0 aromatic rings. The molecule has 2 heterocycles. The Hall–Kier alpha value is 0.270. The van der Waals surface area contributed by atoms with Crippen LogP contribution in [0, 0.1) is 5.92 Å². The molecule has 3 aliphatic rings. The fraction of sp³-hybridized carbons (Fsp3) is 1.00. The highest BCUT2D eigenvalue weighted by atomic mass is 32.2. The summed E-state index contributed by atoms with van der Waals surface area (Å²) in [5.41, 5.74) is 0.242. The Morgan fingerprint density at radius 1 is 1.05 bits per heavy atom. The first-order valence-corrected chi connectivity index (χ1v) is 9.97. The molecule has 3 rings (SSSR count). The van der Waals surface area contributed by atoms with Crippen LogP contribution in [0.15, 0.2) is 0 Å². The van der Waals surface area contributed by atoms with Crippen molar-refractivity contribution in [1.29, 1.82) is 0 Å². The maximum absolute atomic E-state index is 6.18. The van der Waals surface area contributed by atoms with Gasteiger partial charge in [-0.25, -0.2) is 0 Å². The fourth-order valence-corrected chi connectivity index (χ4v) is 5.50. The summed E-state index contributed by atoms with van der Waals surface area (Å²) in [5, 5.41) is 3.85. The first-order chi connectivity index (χ1) is 9.86. The smallest absolute Gasteiger partial charge is 0.0713 e. The highest BCUT2D eigenvalue weighted by Gasteiger charge is 2.38. The fourth-order valence-electron chi connectivity index (χ4n) is 4.26. The van der Waals surface area contributed by atoms with Crippen LogP contribution in [0.4, 0.5) is 0 Å². The van der Waals surface area contributed by atoms with Crippen molar-refractivity contribution in [2.75, 3.05) is 24.7 Å². The van der Waals surface area contributed by atoms with Crippen molar-refractivity contribution in [3.63, 3.8) is 0 Å². The maximum atomic E-state index is 6.18. The van der Waals surface area contributed by atoms with Crippen molar-refractivity contribution in [3.05, 3.63) is 0 Å². The molecule has 1 saturated carbocycles. The van der Waals surface area contributed by atoms with E-state index >= 15 is 0 Å². The Morgan fingerprint density at radius 3 is 2.65 bits per heavy atom. The van der Waals surface area contributed by atoms with E-state index in [0.717, 1.165) is 18.6 Å². The standard InChI is InChI=1S/C17H31NOS/c1-2-4-15(5-3-1)6-10-18-16-7-11-19-17(14-16)8-12-20-13-9-17/h15-16,18H,1-14H2. The van der Waals surface area contributed by atoms with Crippen molar-refractivity contribution in [1.82, 2.24) is 5.32 Å². The van der Waals surface area contributed by atoms with E-state index in [2.05, 4.69) is 17.1 Å². The number of thioether (sulfide) groups is 1. The second-order valence-electron chi connectivity index (χ2n) is 7.08. The minimum Gasteiger partial charge on any atom is -0.375 e. The molecule has 2 saturated heterocycles. The van der Waals surface area contributed by atoms with Gasteiger partial charge in [0.05, 0.1) is 5.60 Å². The summed E-state index contributed by atoms with van der Waals surface area (Å²) < 4.78 is 6.18. The quantitative estimate of drug-likeness (QED) is 0.848.